The molecule has 1 aliphatic heterocycles. The van der Waals surface area contributed by atoms with E-state index in [4.69, 9.17) is 0 Å². The molecule has 102 valence electrons. The fourth-order valence-corrected chi connectivity index (χ4v) is 2.04. The standard InChI is InChI=1S/C13H15FN2O3/c1-19-13(18)12(17)16-8-6-15(7-9-16)11-4-2-10(14)3-5-11/h2-5H,6-9H2,1H3. The molecule has 1 aliphatic rings. The summed E-state index contributed by atoms with van der Waals surface area (Å²) >= 11 is 0. The number of piperazine rings is 1. The van der Waals surface area contributed by atoms with Gasteiger partial charge >= 0.3 is 11.9 Å². The van der Waals surface area contributed by atoms with E-state index in [2.05, 4.69) is 4.74 Å². The van der Waals surface area contributed by atoms with E-state index in [0.29, 0.717) is 26.2 Å². The summed E-state index contributed by atoms with van der Waals surface area (Å²) in [5.74, 6) is -1.72. The molecule has 1 heterocycles. The van der Waals surface area contributed by atoms with Crippen LogP contribution >= 0.6 is 0 Å². The molecule has 0 radical (unpaired) electrons. The Balaban J connectivity index is 1.94. The van der Waals surface area contributed by atoms with Crippen molar-refractivity contribution in [1.29, 1.82) is 0 Å². The Labute approximate surface area is 110 Å². The summed E-state index contributed by atoms with van der Waals surface area (Å²) in [6, 6.07) is 6.21. The van der Waals surface area contributed by atoms with Gasteiger partial charge in [-0.2, -0.15) is 0 Å². The summed E-state index contributed by atoms with van der Waals surface area (Å²) in [6.07, 6.45) is 0. The van der Waals surface area contributed by atoms with Crippen molar-refractivity contribution in [3.05, 3.63) is 30.1 Å². The minimum absolute atomic E-state index is 0.275. The number of hydrogen-bond donors (Lipinski definition) is 0. The van der Waals surface area contributed by atoms with Crippen LogP contribution < -0.4 is 4.90 Å². The second-order valence-electron chi connectivity index (χ2n) is 4.25. The van der Waals surface area contributed by atoms with Crippen molar-refractivity contribution in [1.82, 2.24) is 4.90 Å². The zero-order chi connectivity index (χ0) is 13.8. The lowest BCUT2D eigenvalue weighted by Gasteiger charge is -2.35. The van der Waals surface area contributed by atoms with Gasteiger partial charge in [-0.3, -0.25) is 4.79 Å². The molecule has 1 aromatic carbocycles. The van der Waals surface area contributed by atoms with Crippen LogP contribution in [0.3, 0.4) is 0 Å². The van der Waals surface area contributed by atoms with Crippen LogP contribution in [0.1, 0.15) is 0 Å². The molecule has 5 nitrogen and oxygen atoms in total. The maximum atomic E-state index is 12.8. The molecule has 1 saturated heterocycles. The molecule has 1 aromatic rings. The average Bonchev–Trinajstić information content (AvgIpc) is 2.46. The van der Waals surface area contributed by atoms with Gasteiger partial charge in [0.2, 0.25) is 0 Å². The molecule has 0 bridgehead atoms. The van der Waals surface area contributed by atoms with Crippen molar-refractivity contribution in [3.8, 4) is 0 Å². The molecule has 0 aliphatic carbocycles. The largest absolute Gasteiger partial charge is 0.462 e. The predicted molar refractivity (Wildman–Crippen MR) is 67.2 cm³/mol. The Morgan fingerprint density at radius 3 is 2.21 bits per heavy atom. The molecule has 1 amide bonds. The smallest absolute Gasteiger partial charge is 0.396 e. The molecule has 1 fully saturated rings. The normalized spacial score (nSPS) is 15.3. The predicted octanol–water partition coefficient (Wildman–Crippen LogP) is 0.647. The molecule has 0 spiro atoms. The number of methoxy groups -OCH3 is 1. The zero-order valence-electron chi connectivity index (χ0n) is 10.6. The summed E-state index contributed by atoms with van der Waals surface area (Å²) in [5, 5.41) is 0. The SMILES string of the molecule is COC(=O)C(=O)N1CCN(c2ccc(F)cc2)CC1. The molecule has 0 saturated carbocycles. The van der Waals surface area contributed by atoms with E-state index in [1.54, 1.807) is 12.1 Å². The van der Waals surface area contributed by atoms with Gasteiger partial charge in [-0.25, -0.2) is 9.18 Å². The number of esters is 1. The Kier molecular flexibility index (Phi) is 3.99. The number of halogens is 1. The number of carbonyl (C=O) groups is 2. The number of anilines is 1. The molecule has 19 heavy (non-hydrogen) atoms. The first-order chi connectivity index (χ1) is 9.11. The second-order valence-corrected chi connectivity index (χ2v) is 4.25. The fourth-order valence-electron chi connectivity index (χ4n) is 2.04. The molecular weight excluding hydrogens is 251 g/mol. The van der Waals surface area contributed by atoms with Gasteiger partial charge in [-0.1, -0.05) is 0 Å². The number of nitrogens with zero attached hydrogens (tertiary/aromatic N) is 2. The van der Waals surface area contributed by atoms with Crippen molar-refractivity contribution in [2.45, 2.75) is 0 Å². The summed E-state index contributed by atoms with van der Waals surface area (Å²) in [6.45, 7) is 2.11. The minimum Gasteiger partial charge on any atom is -0.462 e. The Hall–Kier alpha value is -2.11. The molecule has 0 atom stereocenters. The number of carbonyl (C=O) groups excluding carboxylic acids is 2. The van der Waals surface area contributed by atoms with Crippen LogP contribution in [0.25, 0.3) is 0 Å². The second kappa shape index (κ2) is 5.69. The van der Waals surface area contributed by atoms with Gasteiger partial charge in [0.15, 0.2) is 0 Å². The van der Waals surface area contributed by atoms with E-state index in [0.717, 1.165) is 5.69 Å². The lowest BCUT2D eigenvalue weighted by molar-refractivity contribution is -0.158. The third kappa shape index (κ3) is 3.01. The van der Waals surface area contributed by atoms with E-state index in [9.17, 15) is 14.0 Å². The van der Waals surface area contributed by atoms with Gasteiger partial charge in [0.05, 0.1) is 7.11 Å². The third-order valence-electron chi connectivity index (χ3n) is 3.12. The highest BCUT2D eigenvalue weighted by molar-refractivity contribution is 6.32. The van der Waals surface area contributed by atoms with E-state index in [-0.39, 0.29) is 5.82 Å². The van der Waals surface area contributed by atoms with Gasteiger partial charge in [-0.05, 0) is 24.3 Å². The van der Waals surface area contributed by atoms with Crippen molar-refractivity contribution in [3.63, 3.8) is 0 Å². The van der Waals surface area contributed by atoms with Crippen molar-refractivity contribution in [2.24, 2.45) is 0 Å². The first-order valence-electron chi connectivity index (χ1n) is 5.99. The lowest BCUT2D eigenvalue weighted by atomic mass is 10.2. The highest BCUT2D eigenvalue weighted by atomic mass is 19.1. The molecular formula is C13H15FN2O3. The van der Waals surface area contributed by atoms with E-state index in [1.807, 2.05) is 4.90 Å². The van der Waals surface area contributed by atoms with Crippen LogP contribution in [0.4, 0.5) is 10.1 Å². The number of rotatable bonds is 1. The number of amides is 1. The average molecular weight is 266 g/mol. The first kappa shape index (κ1) is 13.3. The number of hydrogen-bond acceptors (Lipinski definition) is 4. The van der Waals surface area contributed by atoms with Crippen LogP contribution in [-0.2, 0) is 14.3 Å². The van der Waals surface area contributed by atoms with Crippen molar-refractivity contribution >= 4 is 17.6 Å². The number of benzene rings is 1. The van der Waals surface area contributed by atoms with Crippen molar-refractivity contribution in [2.75, 3.05) is 38.2 Å². The maximum absolute atomic E-state index is 12.8. The van der Waals surface area contributed by atoms with Crippen LogP contribution in [0.2, 0.25) is 0 Å². The van der Waals surface area contributed by atoms with Gasteiger partial charge in [-0.15, -0.1) is 0 Å². The van der Waals surface area contributed by atoms with Crippen LogP contribution in [0.15, 0.2) is 24.3 Å². The molecule has 0 aromatic heterocycles. The Morgan fingerprint density at radius 1 is 1.11 bits per heavy atom. The fraction of sp³-hybridized carbons (Fsp3) is 0.385. The molecule has 2 rings (SSSR count). The van der Waals surface area contributed by atoms with Crippen LogP contribution in [0.5, 0.6) is 0 Å². The van der Waals surface area contributed by atoms with Gasteiger partial charge in [0.1, 0.15) is 5.82 Å². The third-order valence-corrected chi connectivity index (χ3v) is 3.12. The monoisotopic (exact) mass is 266 g/mol. The quantitative estimate of drug-likeness (QED) is 0.553. The van der Waals surface area contributed by atoms with Gasteiger partial charge in [0, 0.05) is 31.9 Å². The van der Waals surface area contributed by atoms with Crippen LogP contribution in [0, 0.1) is 5.82 Å². The van der Waals surface area contributed by atoms with Crippen molar-refractivity contribution < 1.29 is 18.7 Å². The van der Waals surface area contributed by atoms with Crippen LogP contribution in [-0.4, -0.2) is 50.1 Å². The zero-order valence-corrected chi connectivity index (χ0v) is 10.6. The molecule has 6 heteroatoms. The number of ether oxygens (including phenoxy) is 1. The molecule has 0 N–H and O–H groups in total. The maximum Gasteiger partial charge on any atom is 0.396 e. The van der Waals surface area contributed by atoms with E-state index < -0.39 is 11.9 Å². The Bertz CT molecular complexity index is 467. The summed E-state index contributed by atoms with van der Waals surface area (Å²) < 4.78 is 17.2. The molecule has 0 unspecified atom stereocenters. The van der Waals surface area contributed by atoms with E-state index in [1.165, 1.54) is 24.1 Å². The first-order valence-corrected chi connectivity index (χ1v) is 5.99. The lowest BCUT2D eigenvalue weighted by Crippen LogP contribution is -2.50. The van der Waals surface area contributed by atoms with Gasteiger partial charge in [0.25, 0.3) is 0 Å². The Morgan fingerprint density at radius 2 is 1.68 bits per heavy atom. The highest BCUT2D eigenvalue weighted by Crippen LogP contribution is 2.16. The highest BCUT2D eigenvalue weighted by Gasteiger charge is 2.26. The van der Waals surface area contributed by atoms with Gasteiger partial charge < -0.3 is 14.5 Å². The minimum atomic E-state index is -0.838. The van der Waals surface area contributed by atoms with E-state index >= 15 is 0 Å². The summed E-state index contributed by atoms with van der Waals surface area (Å²) in [7, 11) is 1.19. The summed E-state index contributed by atoms with van der Waals surface area (Å²) in [4.78, 5) is 26.2. The summed E-state index contributed by atoms with van der Waals surface area (Å²) in [5.41, 5.74) is 0.909. The topological polar surface area (TPSA) is 49.9 Å².